The lowest BCUT2D eigenvalue weighted by Gasteiger charge is -2.18. The predicted molar refractivity (Wildman–Crippen MR) is 73.7 cm³/mol. The van der Waals surface area contributed by atoms with Crippen molar-refractivity contribution >= 4 is 11.7 Å². The third kappa shape index (κ3) is 2.64. The molecular weight excluding hydrogens is 256 g/mol. The molecule has 0 aliphatic carbocycles. The number of rotatable bonds is 4. The zero-order chi connectivity index (χ0) is 14.7. The Balaban J connectivity index is 2.24. The number of para-hydroxylation sites is 1. The second kappa shape index (κ2) is 5.49. The predicted octanol–water partition coefficient (Wildman–Crippen LogP) is 2.79. The quantitative estimate of drug-likeness (QED) is 0.924. The molecule has 1 aromatic carbocycles. The number of hydrogen-bond donors (Lipinski definition) is 1. The van der Waals surface area contributed by atoms with Crippen LogP contribution in [-0.2, 0) is 6.54 Å². The van der Waals surface area contributed by atoms with Gasteiger partial charge in [-0.1, -0.05) is 12.1 Å². The minimum absolute atomic E-state index is 0.168. The highest BCUT2D eigenvalue weighted by atomic mass is 16.4. The first-order valence-corrected chi connectivity index (χ1v) is 6.05. The molecule has 5 nitrogen and oxygen atoms in total. The SMILES string of the molecule is Cc1oc(CN(C)c2ccccc2C#N)cc1C(=O)O. The van der Waals surface area contributed by atoms with Crippen LogP contribution in [0.3, 0.4) is 0 Å². The van der Waals surface area contributed by atoms with Crippen LogP contribution in [0.25, 0.3) is 0 Å². The minimum atomic E-state index is -1.00. The smallest absolute Gasteiger partial charge is 0.339 e. The van der Waals surface area contributed by atoms with Crippen LogP contribution in [0.2, 0.25) is 0 Å². The number of nitriles is 1. The second-order valence-electron chi connectivity index (χ2n) is 4.47. The Labute approximate surface area is 116 Å². The molecule has 0 atom stereocenters. The number of benzene rings is 1. The lowest BCUT2D eigenvalue weighted by Crippen LogP contribution is -2.17. The first-order valence-electron chi connectivity index (χ1n) is 6.05. The highest BCUT2D eigenvalue weighted by Crippen LogP contribution is 2.22. The first kappa shape index (κ1) is 13.7. The van der Waals surface area contributed by atoms with E-state index < -0.39 is 5.97 Å². The maximum Gasteiger partial charge on any atom is 0.339 e. The Kier molecular flexibility index (Phi) is 3.76. The summed E-state index contributed by atoms with van der Waals surface area (Å²) in [6.45, 7) is 2.02. The van der Waals surface area contributed by atoms with Crippen molar-refractivity contribution in [3.8, 4) is 6.07 Å². The molecule has 2 aromatic rings. The third-order valence-electron chi connectivity index (χ3n) is 3.03. The molecule has 0 saturated heterocycles. The molecule has 20 heavy (non-hydrogen) atoms. The highest BCUT2D eigenvalue weighted by Gasteiger charge is 2.15. The molecule has 0 bridgehead atoms. The molecule has 0 radical (unpaired) electrons. The Hall–Kier alpha value is -2.74. The monoisotopic (exact) mass is 270 g/mol. The van der Waals surface area contributed by atoms with Crippen molar-refractivity contribution < 1.29 is 14.3 Å². The molecule has 0 aliphatic rings. The van der Waals surface area contributed by atoms with E-state index in [9.17, 15) is 4.79 Å². The number of anilines is 1. The molecule has 0 aliphatic heterocycles. The van der Waals surface area contributed by atoms with Crippen molar-refractivity contribution in [2.45, 2.75) is 13.5 Å². The van der Waals surface area contributed by atoms with Gasteiger partial charge in [-0.15, -0.1) is 0 Å². The van der Waals surface area contributed by atoms with E-state index in [1.165, 1.54) is 6.07 Å². The Bertz CT molecular complexity index is 683. The van der Waals surface area contributed by atoms with Gasteiger partial charge in [0.1, 0.15) is 23.2 Å². The topological polar surface area (TPSA) is 77.5 Å². The van der Waals surface area contributed by atoms with Crippen molar-refractivity contribution in [3.05, 3.63) is 53.0 Å². The fraction of sp³-hybridized carbons (Fsp3) is 0.200. The molecule has 0 spiro atoms. The van der Waals surface area contributed by atoms with Gasteiger partial charge in [0.05, 0.1) is 17.8 Å². The molecule has 0 saturated carbocycles. The summed E-state index contributed by atoms with van der Waals surface area (Å²) in [5.41, 5.74) is 1.51. The summed E-state index contributed by atoms with van der Waals surface area (Å²) in [4.78, 5) is 12.8. The molecular formula is C15H14N2O3. The van der Waals surface area contributed by atoms with Crippen LogP contribution in [0.1, 0.15) is 27.4 Å². The summed E-state index contributed by atoms with van der Waals surface area (Å²) in [5.74, 6) is -0.0674. The molecule has 0 amide bonds. The number of carboxylic acids is 1. The first-order chi connectivity index (χ1) is 9.52. The fourth-order valence-electron chi connectivity index (χ4n) is 2.05. The lowest BCUT2D eigenvalue weighted by molar-refractivity contribution is 0.0695. The van der Waals surface area contributed by atoms with E-state index in [0.29, 0.717) is 23.6 Å². The van der Waals surface area contributed by atoms with Crippen LogP contribution in [0.5, 0.6) is 0 Å². The molecule has 1 aromatic heterocycles. The van der Waals surface area contributed by atoms with Gasteiger partial charge in [0.15, 0.2) is 0 Å². The summed E-state index contributed by atoms with van der Waals surface area (Å²) in [6, 6.07) is 10.9. The number of furan rings is 1. The van der Waals surface area contributed by atoms with E-state index >= 15 is 0 Å². The Morgan fingerprint density at radius 1 is 1.45 bits per heavy atom. The normalized spacial score (nSPS) is 10.1. The minimum Gasteiger partial charge on any atom is -0.478 e. The average Bonchev–Trinajstić information content (AvgIpc) is 2.79. The molecule has 1 N–H and O–H groups in total. The van der Waals surface area contributed by atoms with Crippen molar-refractivity contribution in [2.24, 2.45) is 0 Å². The summed E-state index contributed by atoms with van der Waals surface area (Å²) in [6.07, 6.45) is 0. The zero-order valence-corrected chi connectivity index (χ0v) is 11.3. The van der Waals surface area contributed by atoms with Crippen molar-refractivity contribution in [1.82, 2.24) is 0 Å². The standard InChI is InChI=1S/C15H14N2O3/c1-10-13(15(18)19)7-12(20-10)9-17(2)14-6-4-3-5-11(14)8-16/h3-7H,9H2,1-2H3,(H,18,19). The van der Waals surface area contributed by atoms with Gasteiger partial charge in [-0.25, -0.2) is 4.79 Å². The van der Waals surface area contributed by atoms with E-state index in [-0.39, 0.29) is 5.56 Å². The number of hydrogen-bond acceptors (Lipinski definition) is 4. The summed E-state index contributed by atoms with van der Waals surface area (Å²) in [7, 11) is 1.83. The summed E-state index contributed by atoms with van der Waals surface area (Å²) in [5, 5.41) is 18.1. The Morgan fingerprint density at radius 3 is 2.75 bits per heavy atom. The number of carboxylic acid groups (broad SMARTS) is 1. The highest BCUT2D eigenvalue weighted by molar-refractivity contribution is 5.88. The van der Waals surface area contributed by atoms with Gasteiger partial charge in [-0.3, -0.25) is 0 Å². The van der Waals surface area contributed by atoms with Gasteiger partial charge < -0.3 is 14.4 Å². The fourth-order valence-corrected chi connectivity index (χ4v) is 2.05. The molecule has 0 unspecified atom stereocenters. The molecule has 0 fully saturated rings. The van der Waals surface area contributed by atoms with Gasteiger partial charge >= 0.3 is 5.97 Å². The lowest BCUT2D eigenvalue weighted by atomic mass is 10.2. The van der Waals surface area contributed by atoms with Crippen molar-refractivity contribution in [3.63, 3.8) is 0 Å². The van der Waals surface area contributed by atoms with Crippen molar-refractivity contribution in [2.75, 3.05) is 11.9 Å². The van der Waals surface area contributed by atoms with E-state index in [1.807, 2.05) is 24.1 Å². The second-order valence-corrected chi connectivity index (χ2v) is 4.47. The summed E-state index contributed by atoms with van der Waals surface area (Å²) >= 11 is 0. The Morgan fingerprint density at radius 2 is 2.15 bits per heavy atom. The maximum atomic E-state index is 11.0. The zero-order valence-electron chi connectivity index (χ0n) is 11.3. The number of carbonyl (C=O) groups is 1. The molecule has 1 heterocycles. The van der Waals surface area contributed by atoms with Gasteiger partial charge in [0, 0.05) is 7.05 Å². The largest absolute Gasteiger partial charge is 0.478 e. The third-order valence-corrected chi connectivity index (χ3v) is 3.03. The number of aryl methyl sites for hydroxylation is 1. The van der Waals surface area contributed by atoms with E-state index in [0.717, 1.165) is 5.69 Å². The van der Waals surface area contributed by atoms with Crippen LogP contribution < -0.4 is 4.90 Å². The maximum absolute atomic E-state index is 11.0. The molecule has 2 rings (SSSR count). The summed E-state index contributed by atoms with van der Waals surface area (Å²) < 4.78 is 5.44. The van der Waals surface area contributed by atoms with Crippen LogP contribution in [0, 0.1) is 18.3 Å². The number of nitrogens with zero attached hydrogens (tertiary/aromatic N) is 2. The van der Waals surface area contributed by atoms with Crippen LogP contribution >= 0.6 is 0 Å². The van der Waals surface area contributed by atoms with E-state index in [1.54, 1.807) is 19.1 Å². The van der Waals surface area contributed by atoms with E-state index in [2.05, 4.69) is 6.07 Å². The van der Waals surface area contributed by atoms with Crippen LogP contribution in [0.15, 0.2) is 34.7 Å². The van der Waals surface area contributed by atoms with Crippen LogP contribution in [-0.4, -0.2) is 18.1 Å². The van der Waals surface area contributed by atoms with Gasteiger partial charge in [-0.2, -0.15) is 5.26 Å². The van der Waals surface area contributed by atoms with Crippen LogP contribution in [0.4, 0.5) is 5.69 Å². The molecule has 102 valence electrons. The average molecular weight is 270 g/mol. The van der Waals surface area contributed by atoms with Crippen molar-refractivity contribution in [1.29, 1.82) is 5.26 Å². The van der Waals surface area contributed by atoms with E-state index in [4.69, 9.17) is 14.8 Å². The van der Waals surface area contributed by atoms with Gasteiger partial charge in [0.25, 0.3) is 0 Å². The molecule has 5 heteroatoms. The number of aromatic carboxylic acids is 1. The van der Waals surface area contributed by atoms with Gasteiger partial charge in [0.2, 0.25) is 0 Å². The van der Waals surface area contributed by atoms with Gasteiger partial charge in [-0.05, 0) is 25.1 Å².